The summed E-state index contributed by atoms with van der Waals surface area (Å²) in [5.41, 5.74) is 13.0. The van der Waals surface area contributed by atoms with Gasteiger partial charge in [0.1, 0.15) is 0 Å². The molecule has 4 nitrogen and oxygen atoms in total. The van der Waals surface area contributed by atoms with E-state index in [0.717, 1.165) is 27.9 Å². The third kappa shape index (κ3) is 9.96. The average molecular weight is 382 g/mol. The normalized spacial score (nSPS) is 8.28. The van der Waals surface area contributed by atoms with Crippen LogP contribution in [0.25, 0.3) is 10.2 Å². The second kappa shape index (κ2) is 17.1. The van der Waals surface area contributed by atoms with Gasteiger partial charge in [0.15, 0.2) is 5.13 Å². The molecule has 0 saturated heterocycles. The molecule has 140 valence electrons. The van der Waals surface area contributed by atoms with Gasteiger partial charge >= 0.3 is 0 Å². The minimum atomic E-state index is 0.640. The van der Waals surface area contributed by atoms with Crippen molar-refractivity contribution >= 4 is 44.1 Å². The van der Waals surface area contributed by atoms with E-state index in [1.807, 2.05) is 82.5 Å². The van der Waals surface area contributed by atoms with Crippen molar-refractivity contribution in [2.75, 3.05) is 24.8 Å². The molecule has 1 heterocycles. The van der Waals surface area contributed by atoms with Gasteiger partial charge in [-0.3, -0.25) is 0 Å². The molecule has 25 heavy (non-hydrogen) atoms. The van der Waals surface area contributed by atoms with E-state index in [0.29, 0.717) is 5.13 Å². The lowest BCUT2D eigenvalue weighted by Crippen LogP contribution is -1.85. The number of rotatable bonds is 1. The number of anilines is 2. The number of aliphatic hydroxyl groups excluding tert-OH is 1. The summed E-state index contributed by atoms with van der Waals surface area (Å²) in [5.74, 6) is 0. The van der Waals surface area contributed by atoms with Crippen LogP contribution in [0.3, 0.4) is 0 Å². The number of hydrogen-bond donors (Lipinski definition) is 3. The minimum absolute atomic E-state index is 0.640. The number of nitrogens with zero attached hydrogens (tertiary/aromatic N) is 1. The number of fused-ring (bicyclic) bond motifs is 1. The molecule has 0 aliphatic heterocycles. The zero-order chi connectivity index (χ0) is 19.7. The van der Waals surface area contributed by atoms with Gasteiger partial charge in [-0.05, 0) is 30.5 Å². The van der Waals surface area contributed by atoms with E-state index in [9.17, 15) is 0 Å². The number of benzene rings is 2. The number of para-hydroxylation sites is 2. The summed E-state index contributed by atoms with van der Waals surface area (Å²) in [6, 6.07) is 15.8. The molecular formula is C19H31N3OS2. The van der Waals surface area contributed by atoms with Crippen LogP contribution in [0.2, 0.25) is 0 Å². The lowest BCUT2D eigenvalue weighted by molar-refractivity contribution is 0.399. The first-order valence-electron chi connectivity index (χ1n) is 8.15. The molecule has 0 spiro atoms. The number of thiazole rings is 1. The van der Waals surface area contributed by atoms with Gasteiger partial charge in [-0.15, -0.1) is 11.8 Å². The Morgan fingerprint density at radius 1 is 0.880 bits per heavy atom. The summed E-state index contributed by atoms with van der Waals surface area (Å²) in [4.78, 5) is 5.26. The van der Waals surface area contributed by atoms with Crippen molar-refractivity contribution in [3.63, 3.8) is 0 Å². The number of thioether (sulfide) groups is 1. The van der Waals surface area contributed by atoms with Crippen molar-refractivity contribution in [1.29, 1.82) is 0 Å². The van der Waals surface area contributed by atoms with Gasteiger partial charge in [0.05, 0.1) is 10.2 Å². The topological polar surface area (TPSA) is 85.2 Å². The van der Waals surface area contributed by atoms with E-state index < -0.39 is 0 Å². The van der Waals surface area contributed by atoms with Crippen LogP contribution in [0.5, 0.6) is 0 Å². The molecule has 2 aromatic carbocycles. The number of nitrogen functional groups attached to an aromatic ring is 2. The van der Waals surface area contributed by atoms with Crippen LogP contribution in [0, 0.1) is 0 Å². The van der Waals surface area contributed by atoms with Crippen LogP contribution < -0.4 is 11.5 Å². The molecule has 0 bridgehead atoms. The third-order valence-corrected chi connectivity index (χ3v) is 4.13. The molecule has 0 radical (unpaired) electrons. The SMILES string of the molecule is CC.CC.CO.CSc1ccccc1N.Nc1nc2ccccc2s1. The van der Waals surface area contributed by atoms with Gasteiger partial charge in [-0.2, -0.15) is 0 Å². The van der Waals surface area contributed by atoms with Crippen molar-refractivity contribution in [3.8, 4) is 0 Å². The van der Waals surface area contributed by atoms with Crippen LogP contribution in [0.1, 0.15) is 27.7 Å². The first-order valence-corrected chi connectivity index (χ1v) is 10.2. The molecule has 3 aromatic rings. The smallest absolute Gasteiger partial charge is 0.181 e. The Bertz CT molecular complexity index is 639. The molecule has 0 aliphatic rings. The van der Waals surface area contributed by atoms with Gasteiger partial charge in [0.2, 0.25) is 0 Å². The largest absolute Gasteiger partial charge is 0.400 e. The minimum Gasteiger partial charge on any atom is -0.400 e. The maximum atomic E-state index is 7.00. The zero-order valence-corrected chi connectivity index (χ0v) is 17.6. The van der Waals surface area contributed by atoms with Crippen LogP contribution >= 0.6 is 23.1 Å². The quantitative estimate of drug-likeness (QED) is 0.381. The standard InChI is InChI=1S/C7H6N2S.C7H9NS.2C2H6.CH4O/c8-7-9-5-3-1-2-4-6(5)10-7;1-9-7-5-3-2-4-6(7)8;3*1-2/h1-4H,(H2,8,9);2-5H,8H2,1H3;2*1-2H3;2H,1H3. The molecule has 0 atom stereocenters. The molecule has 0 amide bonds. The fourth-order valence-electron chi connectivity index (χ4n) is 1.56. The maximum absolute atomic E-state index is 7.00. The van der Waals surface area contributed by atoms with Crippen molar-refractivity contribution in [3.05, 3.63) is 48.5 Å². The van der Waals surface area contributed by atoms with E-state index >= 15 is 0 Å². The predicted molar refractivity (Wildman–Crippen MR) is 118 cm³/mol. The monoisotopic (exact) mass is 381 g/mol. The molecule has 3 rings (SSSR count). The van der Waals surface area contributed by atoms with Crippen LogP contribution in [0.15, 0.2) is 53.4 Å². The lowest BCUT2D eigenvalue weighted by atomic mass is 10.3. The molecular weight excluding hydrogens is 350 g/mol. The highest BCUT2D eigenvalue weighted by Crippen LogP contribution is 2.22. The molecule has 1 aromatic heterocycles. The van der Waals surface area contributed by atoms with E-state index in [1.165, 1.54) is 11.3 Å². The second-order valence-electron chi connectivity index (χ2n) is 3.76. The molecule has 0 aliphatic carbocycles. The Morgan fingerprint density at radius 3 is 1.88 bits per heavy atom. The average Bonchev–Trinajstić information content (AvgIpc) is 3.07. The van der Waals surface area contributed by atoms with Crippen molar-refractivity contribution in [2.45, 2.75) is 32.6 Å². The fraction of sp³-hybridized carbons (Fsp3) is 0.316. The van der Waals surface area contributed by atoms with Gasteiger partial charge in [-0.1, -0.05) is 63.3 Å². The molecule has 6 heteroatoms. The Kier molecular flexibility index (Phi) is 17.4. The van der Waals surface area contributed by atoms with Gasteiger partial charge in [-0.25, -0.2) is 4.98 Å². The van der Waals surface area contributed by atoms with E-state index in [2.05, 4.69) is 4.98 Å². The van der Waals surface area contributed by atoms with Crippen molar-refractivity contribution in [1.82, 2.24) is 4.98 Å². The first kappa shape index (κ1) is 25.5. The summed E-state index contributed by atoms with van der Waals surface area (Å²) in [7, 11) is 1.00. The Balaban J connectivity index is 0. The van der Waals surface area contributed by atoms with Gasteiger partial charge in [0, 0.05) is 17.7 Å². The van der Waals surface area contributed by atoms with Crippen LogP contribution in [-0.4, -0.2) is 23.5 Å². The predicted octanol–water partition coefficient (Wildman–Crippen LogP) is 5.53. The second-order valence-corrected chi connectivity index (χ2v) is 5.67. The summed E-state index contributed by atoms with van der Waals surface area (Å²) in [6.45, 7) is 8.00. The summed E-state index contributed by atoms with van der Waals surface area (Å²) in [6.07, 6.45) is 2.02. The number of aliphatic hydroxyl groups is 1. The highest BCUT2D eigenvalue weighted by Gasteiger charge is 1.96. The fourth-order valence-corrected chi connectivity index (χ4v) is 2.81. The molecule has 0 saturated carbocycles. The van der Waals surface area contributed by atoms with Gasteiger partial charge < -0.3 is 16.6 Å². The summed E-state index contributed by atoms with van der Waals surface area (Å²) < 4.78 is 1.15. The van der Waals surface area contributed by atoms with E-state index in [4.69, 9.17) is 16.6 Å². The molecule has 5 N–H and O–H groups in total. The van der Waals surface area contributed by atoms with Crippen LogP contribution in [-0.2, 0) is 0 Å². The lowest BCUT2D eigenvalue weighted by Gasteiger charge is -1.97. The maximum Gasteiger partial charge on any atom is 0.181 e. The van der Waals surface area contributed by atoms with Crippen LogP contribution in [0.4, 0.5) is 10.8 Å². The Morgan fingerprint density at radius 2 is 1.40 bits per heavy atom. The van der Waals surface area contributed by atoms with E-state index in [-0.39, 0.29) is 0 Å². The number of hydrogen-bond acceptors (Lipinski definition) is 6. The third-order valence-electron chi connectivity index (χ3n) is 2.45. The summed E-state index contributed by atoms with van der Waals surface area (Å²) in [5, 5.41) is 7.64. The van der Waals surface area contributed by atoms with E-state index in [1.54, 1.807) is 11.8 Å². The Hall–Kier alpha value is -1.76. The summed E-state index contributed by atoms with van der Waals surface area (Å²) >= 11 is 3.19. The number of aromatic nitrogens is 1. The Labute approximate surface area is 160 Å². The van der Waals surface area contributed by atoms with Crippen molar-refractivity contribution in [2.24, 2.45) is 0 Å². The van der Waals surface area contributed by atoms with Crippen molar-refractivity contribution < 1.29 is 5.11 Å². The molecule has 0 unspecified atom stereocenters. The number of nitrogens with two attached hydrogens (primary N) is 2. The highest BCUT2D eigenvalue weighted by atomic mass is 32.2. The van der Waals surface area contributed by atoms with Gasteiger partial charge in [0.25, 0.3) is 0 Å². The highest BCUT2D eigenvalue weighted by molar-refractivity contribution is 7.98. The molecule has 0 fully saturated rings. The zero-order valence-electron chi connectivity index (χ0n) is 16.0. The first-order chi connectivity index (χ1) is 12.2.